The summed E-state index contributed by atoms with van der Waals surface area (Å²) in [7, 11) is 0. The van der Waals surface area contributed by atoms with E-state index in [-0.39, 0.29) is 17.1 Å². The van der Waals surface area contributed by atoms with Crippen LogP contribution in [0.1, 0.15) is 40.0 Å². The molecule has 3 unspecified atom stereocenters. The third kappa shape index (κ3) is 0.924. The zero-order valence-electron chi connectivity index (χ0n) is 11.7. The molecule has 4 rings (SSSR count). The molecule has 5 atom stereocenters. The maximum absolute atomic E-state index is 12.0. The van der Waals surface area contributed by atoms with Crippen molar-refractivity contribution in [2.24, 2.45) is 11.3 Å². The molecular formula is C15H20O4. The number of hydrogen-bond acceptors (Lipinski definition) is 4. The average molecular weight is 264 g/mol. The van der Waals surface area contributed by atoms with Crippen molar-refractivity contribution in [3.8, 4) is 0 Å². The molecule has 2 saturated heterocycles. The van der Waals surface area contributed by atoms with E-state index in [0.717, 1.165) is 6.42 Å². The van der Waals surface area contributed by atoms with Crippen LogP contribution >= 0.6 is 0 Å². The summed E-state index contributed by atoms with van der Waals surface area (Å²) >= 11 is 0. The van der Waals surface area contributed by atoms with E-state index in [1.54, 1.807) is 0 Å². The second-order valence-electron chi connectivity index (χ2n) is 7.45. The van der Waals surface area contributed by atoms with Crippen LogP contribution in [0.2, 0.25) is 0 Å². The molecular weight excluding hydrogens is 244 g/mol. The Morgan fingerprint density at radius 1 is 1.42 bits per heavy atom. The van der Waals surface area contributed by atoms with E-state index in [2.05, 4.69) is 27.4 Å². The quantitative estimate of drug-likeness (QED) is 0.410. The first-order valence-corrected chi connectivity index (χ1v) is 7.04. The van der Waals surface area contributed by atoms with Crippen LogP contribution in [0.25, 0.3) is 0 Å². The smallest absolute Gasteiger partial charge is 0.337 e. The third-order valence-electron chi connectivity index (χ3n) is 6.04. The topological polar surface area (TPSA) is 59.1 Å². The fourth-order valence-electron chi connectivity index (χ4n) is 5.15. The summed E-state index contributed by atoms with van der Waals surface area (Å²) < 4.78 is 11.8. The van der Waals surface area contributed by atoms with Gasteiger partial charge in [0.2, 0.25) is 0 Å². The van der Waals surface area contributed by atoms with Crippen LogP contribution in [-0.2, 0) is 14.3 Å². The molecule has 2 aliphatic carbocycles. The number of esters is 1. The second-order valence-corrected chi connectivity index (χ2v) is 7.45. The van der Waals surface area contributed by atoms with Crippen LogP contribution in [0, 0.1) is 11.3 Å². The Labute approximate surface area is 112 Å². The van der Waals surface area contributed by atoms with E-state index >= 15 is 0 Å². The number of epoxide rings is 1. The highest BCUT2D eigenvalue weighted by molar-refractivity contribution is 5.94. The molecule has 0 radical (unpaired) electrons. The van der Waals surface area contributed by atoms with Gasteiger partial charge in [0, 0.05) is 6.42 Å². The van der Waals surface area contributed by atoms with Crippen LogP contribution in [0.5, 0.6) is 0 Å². The van der Waals surface area contributed by atoms with Gasteiger partial charge in [0.1, 0.15) is 11.2 Å². The maximum Gasteiger partial charge on any atom is 0.337 e. The van der Waals surface area contributed by atoms with Crippen LogP contribution in [0.15, 0.2) is 12.2 Å². The Kier molecular flexibility index (Phi) is 1.74. The van der Waals surface area contributed by atoms with Crippen molar-refractivity contribution in [1.82, 2.24) is 0 Å². The molecule has 0 aromatic rings. The number of carbonyl (C=O) groups excluding carboxylic acids is 1. The molecule has 0 aromatic carbocycles. The second kappa shape index (κ2) is 2.77. The minimum atomic E-state index is -1.25. The lowest BCUT2D eigenvalue weighted by atomic mass is 9.61. The number of carbonyl (C=O) groups is 1. The molecule has 2 heterocycles. The molecule has 19 heavy (non-hydrogen) atoms. The molecule has 2 aliphatic heterocycles. The minimum absolute atomic E-state index is 0.0699. The summed E-state index contributed by atoms with van der Waals surface area (Å²) in [6, 6.07) is 0. The van der Waals surface area contributed by atoms with Crippen LogP contribution in [0.4, 0.5) is 0 Å². The number of aliphatic hydroxyl groups is 1. The lowest BCUT2D eigenvalue weighted by molar-refractivity contribution is -0.203. The predicted molar refractivity (Wildman–Crippen MR) is 67.3 cm³/mol. The monoisotopic (exact) mass is 264 g/mol. The lowest BCUT2D eigenvalue weighted by Gasteiger charge is -2.49. The zero-order chi connectivity index (χ0) is 13.8. The first-order chi connectivity index (χ1) is 8.71. The summed E-state index contributed by atoms with van der Waals surface area (Å²) in [6.45, 7) is 10.2. The van der Waals surface area contributed by atoms with Crippen LogP contribution in [0.3, 0.4) is 0 Å². The fraction of sp³-hybridized carbons (Fsp3) is 0.800. The first kappa shape index (κ1) is 11.9. The number of hydrogen-bond donors (Lipinski definition) is 1. The molecule has 0 aromatic heterocycles. The van der Waals surface area contributed by atoms with E-state index in [4.69, 9.17) is 9.47 Å². The van der Waals surface area contributed by atoms with Crippen molar-refractivity contribution in [3.63, 3.8) is 0 Å². The molecule has 4 nitrogen and oxygen atoms in total. The maximum atomic E-state index is 12.0. The van der Waals surface area contributed by atoms with Crippen molar-refractivity contribution >= 4 is 5.97 Å². The van der Waals surface area contributed by atoms with E-state index < -0.39 is 22.8 Å². The Morgan fingerprint density at radius 2 is 2.11 bits per heavy atom. The molecule has 4 aliphatic rings. The van der Waals surface area contributed by atoms with Gasteiger partial charge in [-0.05, 0) is 24.2 Å². The van der Waals surface area contributed by atoms with Crippen molar-refractivity contribution in [2.45, 2.75) is 62.9 Å². The van der Waals surface area contributed by atoms with Crippen LogP contribution < -0.4 is 0 Å². The summed E-state index contributed by atoms with van der Waals surface area (Å²) in [4.78, 5) is 12.0. The predicted octanol–water partition coefficient (Wildman–Crippen LogP) is 1.57. The fourth-order valence-corrected chi connectivity index (χ4v) is 5.15. The van der Waals surface area contributed by atoms with Crippen molar-refractivity contribution < 1.29 is 19.4 Å². The summed E-state index contributed by atoms with van der Waals surface area (Å²) in [6.07, 6.45) is 2.09. The Balaban J connectivity index is 1.96. The van der Waals surface area contributed by atoms with Crippen molar-refractivity contribution in [2.75, 3.05) is 0 Å². The lowest BCUT2D eigenvalue weighted by Crippen LogP contribution is -2.64. The van der Waals surface area contributed by atoms with Gasteiger partial charge in [-0.1, -0.05) is 27.4 Å². The molecule has 104 valence electrons. The van der Waals surface area contributed by atoms with E-state index in [1.165, 1.54) is 0 Å². The normalized spacial score (nSPS) is 57.3. The Hall–Kier alpha value is -0.870. The van der Waals surface area contributed by atoms with Gasteiger partial charge in [-0.15, -0.1) is 0 Å². The Bertz CT molecular complexity index is 524. The standard InChI is InChI=1S/C15H20O4/c1-8-5-6-13(17)9(2)10(16)18-14(13)7-12(3,4)11-15(8,14)19-11/h8,11,17H,2,5-7H2,1,3-4H3/t8-,11?,13-,14?,15?/m1/s1. The molecule has 4 heteroatoms. The summed E-state index contributed by atoms with van der Waals surface area (Å²) in [5.74, 6) is -0.166. The summed E-state index contributed by atoms with van der Waals surface area (Å²) in [5, 5.41) is 11.1. The molecule has 0 bridgehead atoms. The SMILES string of the molecule is C=C1C(=O)OC23CC(C)(C)C4OC42[C@H](C)CC[C@@]13O. The molecule has 4 fully saturated rings. The van der Waals surface area contributed by atoms with E-state index in [1.807, 2.05) is 0 Å². The molecule has 1 N–H and O–H groups in total. The van der Waals surface area contributed by atoms with E-state index in [9.17, 15) is 9.90 Å². The van der Waals surface area contributed by atoms with E-state index in [0.29, 0.717) is 18.8 Å². The highest BCUT2D eigenvalue weighted by Gasteiger charge is 2.90. The minimum Gasteiger partial charge on any atom is -0.449 e. The van der Waals surface area contributed by atoms with Gasteiger partial charge >= 0.3 is 5.97 Å². The van der Waals surface area contributed by atoms with Gasteiger partial charge in [0.25, 0.3) is 0 Å². The largest absolute Gasteiger partial charge is 0.449 e. The first-order valence-electron chi connectivity index (χ1n) is 7.04. The van der Waals surface area contributed by atoms with Gasteiger partial charge < -0.3 is 14.6 Å². The molecule has 2 saturated carbocycles. The summed E-state index contributed by atoms with van der Waals surface area (Å²) in [5.41, 5.74) is -2.54. The highest BCUT2D eigenvalue weighted by Crippen LogP contribution is 2.75. The van der Waals surface area contributed by atoms with Crippen LogP contribution in [-0.4, -0.2) is 34.0 Å². The Morgan fingerprint density at radius 3 is 2.74 bits per heavy atom. The molecule has 0 amide bonds. The van der Waals surface area contributed by atoms with Gasteiger partial charge in [-0.25, -0.2) is 4.79 Å². The number of ether oxygens (including phenoxy) is 2. The van der Waals surface area contributed by atoms with Gasteiger partial charge in [-0.3, -0.25) is 0 Å². The van der Waals surface area contributed by atoms with Crippen molar-refractivity contribution in [1.29, 1.82) is 0 Å². The number of rotatable bonds is 0. The average Bonchev–Trinajstić information content (AvgIpc) is 3.00. The van der Waals surface area contributed by atoms with Gasteiger partial charge in [-0.2, -0.15) is 0 Å². The van der Waals surface area contributed by atoms with Crippen molar-refractivity contribution in [3.05, 3.63) is 12.2 Å². The molecule has 2 spiro atoms. The van der Waals surface area contributed by atoms with Gasteiger partial charge in [0.15, 0.2) is 5.60 Å². The zero-order valence-corrected chi connectivity index (χ0v) is 11.7. The highest BCUT2D eigenvalue weighted by atomic mass is 16.7. The third-order valence-corrected chi connectivity index (χ3v) is 6.04. The van der Waals surface area contributed by atoms with Gasteiger partial charge in [0.05, 0.1) is 11.7 Å².